The maximum absolute atomic E-state index is 13.2. The van der Waals surface area contributed by atoms with E-state index >= 15 is 0 Å². The van der Waals surface area contributed by atoms with Crippen LogP contribution in [0, 0.1) is 0 Å². The molecular formula is C23H28N4O2. The van der Waals surface area contributed by atoms with Crippen LogP contribution >= 0.6 is 0 Å². The molecule has 3 heterocycles. The third kappa shape index (κ3) is 3.59. The van der Waals surface area contributed by atoms with Gasteiger partial charge < -0.3 is 14.7 Å². The van der Waals surface area contributed by atoms with E-state index in [1.54, 1.807) is 25.2 Å². The summed E-state index contributed by atoms with van der Waals surface area (Å²) < 4.78 is 0. The van der Waals surface area contributed by atoms with Gasteiger partial charge in [0.15, 0.2) is 0 Å². The molecule has 2 aromatic rings. The van der Waals surface area contributed by atoms with Crippen molar-refractivity contribution in [3.05, 3.63) is 66.0 Å². The molecule has 0 aliphatic carbocycles. The fourth-order valence-corrected chi connectivity index (χ4v) is 4.88. The van der Waals surface area contributed by atoms with E-state index in [9.17, 15) is 9.59 Å². The van der Waals surface area contributed by atoms with Crippen molar-refractivity contribution < 1.29 is 9.59 Å². The first-order chi connectivity index (χ1) is 14.0. The lowest BCUT2D eigenvalue weighted by molar-refractivity contribution is -0.132. The largest absolute Gasteiger partial charge is 0.337 e. The van der Waals surface area contributed by atoms with Crippen molar-refractivity contribution in [1.29, 1.82) is 0 Å². The number of urea groups is 1. The Morgan fingerprint density at radius 2 is 1.83 bits per heavy atom. The van der Waals surface area contributed by atoms with Crippen molar-refractivity contribution in [2.45, 2.75) is 37.3 Å². The Balaban J connectivity index is 1.67. The summed E-state index contributed by atoms with van der Waals surface area (Å²) in [5.74, 6) is 0.0944. The molecule has 0 N–H and O–H groups in total. The van der Waals surface area contributed by atoms with Crippen molar-refractivity contribution in [3.63, 3.8) is 0 Å². The number of carbonyl (C=O) groups is 2. The van der Waals surface area contributed by atoms with Gasteiger partial charge in [-0.05, 0) is 30.5 Å². The summed E-state index contributed by atoms with van der Waals surface area (Å²) in [5.41, 5.74) is 1.93. The average Bonchev–Trinajstić information content (AvgIpc) is 3.04. The number of benzene rings is 1. The van der Waals surface area contributed by atoms with E-state index in [2.05, 4.69) is 29.2 Å². The SMILES string of the molecule is CN(C)C(=O)N1CC[C@@]2(c3ccccc3)CCN(Cc3ccccn3)C(=O)C[C@@H]12. The molecule has 2 atom stereocenters. The Morgan fingerprint density at radius 3 is 2.52 bits per heavy atom. The van der Waals surface area contributed by atoms with Crippen LogP contribution in [0.1, 0.15) is 30.5 Å². The molecule has 3 amide bonds. The van der Waals surface area contributed by atoms with Crippen molar-refractivity contribution in [1.82, 2.24) is 19.7 Å². The lowest BCUT2D eigenvalue weighted by Gasteiger charge is -2.37. The molecule has 0 bridgehead atoms. The van der Waals surface area contributed by atoms with E-state index in [4.69, 9.17) is 0 Å². The van der Waals surface area contributed by atoms with E-state index in [0.717, 1.165) is 18.5 Å². The second-order valence-corrected chi connectivity index (χ2v) is 8.25. The second kappa shape index (κ2) is 7.85. The van der Waals surface area contributed by atoms with Gasteiger partial charge in [0.05, 0.1) is 18.3 Å². The maximum Gasteiger partial charge on any atom is 0.319 e. The molecule has 2 aliphatic rings. The van der Waals surface area contributed by atoms with Gasteiger partial charge in [0, 0.05) is 45.2 Å². The zero-order valence-electron chi connectivity index (χ0n) is 17.1. The molecule has 2 aliphatic heterocycles. The molecule has 0 unspecified atom stereocenters. The number of rotatable bonds is 3. The molecule has 6 nitrogen and oxygen atoms in total. The summed E-state index contributed by atoms with van der Waals surface area (Å²) in [4.78, 5) is 35.9. The fourth-order valence-electron chi connectivity index (χ4n) is 4.88. The number of fused-ring (bicyclic) bond motifs is 1. The van der Waals surface area contributed by atoms with Gasteiger partial charge in [-0.15, -0.1) is 0 Å². The normalized spacial score (nSPS) is 24.2. The van der Waals surface area contributed by atoms with Gasteiger partial charge >= 0.3 is 6.03 Å². The molecule has 29 heavy (non-hydrogen) atoms. The lowest BCUT2D eigenvalue weighted by Crippen LogP contribution is -2.48. The Kier molecular flexibility index (Phi) is 5.26. The van der Waals surface area contributed by atoms with Crippen LogP contribution in [0.25, 0.3) is 0 Å². The van der Waals surface area contributed by atoms with Gasteiger partial charge in [0.25, 0.3) is 0 Å². The van der Waals surface area contributed by atoms with Gasteiger partial charge in [-0.3, -0.25) is 9.78 Å². The molecule has 152 valence electrons. The number of pyridine rings is 1. The first-order valence-corrected chi connectivity index (χ1v) is 10.2. The highest BCUT2D eigenvalue weighted by Crippen LogP contribution is 2.46. The van der Waals surface area contributed by atoms with Gasteiger partial charge in [-0.1, -0.05) is 36.4 Å². The van der Waals surface area contributed by atoms with Gasteiger partial charge in [0.2, 0.25) is 5.91 Å². The minimum Gasteiger partial charge on any atom is -0.337 e. The van der Waals surface area contributed by atoms with Crippen LogP contribution in [0.2, 0.25) is 0 Å². The lowest BCUT2D eigenvalue weighted by atomic mass is 9.71. The summed E-state index contributed by atoms with van der Waals surface area (Å²) in [6, 6.07) is 16.1. The first-order valence-electron chi connectivity index (χ1n) is 10.2. The summed E-state index contributed by atoms with van der Waals surface area (Å²) in [6.07, 6.45) is 3.83. The third-order valence-corrected chi connectivity index (χ3v) is 6.42. The standard InChI is InChI=1S/C23H28N4O2/c1-25(2)22(29)27-15-12-23(18-8-4-3-5-9-18)11-14-26(21(28)16-20(23)27)17-19-10-6-7-13-24-19/h3-10,13,20H,11-12,14-17H2,1-2H3/t20-,23-/m1/s1. The molecule has 1 aromatic carbocycles. The number of amides is 3. The quantitative estimate of drug-likeness (QED) is 0.807. The van der Waals surface area contributed by atoms with Gasteiger partial charge in [-0.25, -0.2) is 4.79 Å². The zero-order chi connectivity index (χ0) is 20.4. The average molecular weight is 393 g/mol. The highest BCUT2D eigenvalue weighted by atomic mass is 16.2. The summed E-state index contributed by atoms with van der Waals surface area (Å²) in [7, 11) is 3.55. The maximum atomic E-state index is 13.2. The molecule has 0 radical (unpaired) electrons. The van der Waals surface area contributed by atoms with E-state index in [0.29, 0.717) is 26.1 Å². The third-order valence-electron chi connectivity index (χ3n) is 6.42. The number of likely N-dealkylation sites (tertiary alicyclic amines) is 2. The molecule has 1 aromatic heterocycles. The van der Waals surface area contributed by atoms with Crippen molar-refractivity contribution in [3.8, 4) is 0 Å². The monoisotopic (exact) mass is 392 g/mol. The minimum absolute atomic E-state index is 0.0150. The fraction of sp³-hybridized carbons (Fsp3) is 0.435. The van der Waals surface area contributed by atoms with Crippen LogP contribution in [-0.4, -0.2) is 64.8 Å². The predicted molar refractivity (Wildman–Crippen MR) is 111 cm³/mol. The molecule has 2 saturated heterocycles. The molecule has 2 fully saturated rings. The molecule has 4 rings (SSSR count). The van der Waals surface area contributed by atoms with Gasteiger partial charge in [-0.2, -0.15) is 0 Å². The van der Waals surface area contributed by atoms with Crippen LogP contribution in [0.3, 0.4) is 0 Å². The second-order valence-electron chi connectivity index (χ2n) is 8.25. The van der Waals surface area contributed by atoms with Crippen LogP contribution in [0.4, 0.5) is 4.79 Å². The van der Waals surface area contributed by atoms with Crippen molar-refractivity contribution in [2.75, 3.05) is 27.2 Å². The number of hydrogen-bond acceptors (Lipinski definition) is 3. The summed E-state index contributed by atoms with van der Waals surface area (Å²) in [6.45, 7) is 1.87. The zero-order valence-corrected chi connectivity index (χ0v) is 17.1. The molecular weight excluding hydrogens is 364 g/mol. The van der Waals surface area contributed by atoms with Crippen LogP contribution in [0.5, 0.6) is 0 Å². The minimum atomic E-state index is -0.193. The highest BCUT2D eigenvalue weighted by molar-refractivity contribution is 5.80. The van der Waals surface area contributed by atoms with Crippen LogP contribution in [-0.2, 0) is 16.8 Å². The number of aromatic nitrogens is 1. The number of nitrogens with zero attached hydrogens (tertiary/aromatic N) is 4. The van der Waals surface area contributed by atoms with Crippen molar-refractivity contribution >= 4 is 11.9 Å². The summed E-state index contributed by atoms with van der Waals surface area (Å²) in [5, 5.41) is 0. The molecule has 0 saturated carbocycles. The van der Waals surface area contributed by atoms with E-state index in [-0.39, 0.29) is 23.4 Å². The molecule has 6 heteroatoms. The Hall–Kier alpha value is -2.89. The van der Waals surface area contributed by atoms with E-state index < -0.39 is 0 Å². The highest BCUT2D eigenvalue weighted by Gasteiger charge is 2.52. The van der Waals surface area contributed by atoms with Gasteiger partial charge in [0.1, 0.15) is 0 Å². The number of hydrogen-bond donors (Lipinski definition) is 0. The van der Waals surface area contributed by atoms with Crippen molar-refractivity contribution in [2.24, 2.45) is 0 Å². The summed E-state index contributed by atoms with van der Waals surface area (Å²) >= 11 is 0. The van der Waals surface area contributed by atoms with E-state index in [1.807, 2.05) is 34.1 Å². The Labute approximate surface area is 172 Å². The Morgan fingerprint density at radius 1 is 1.10 bits per heavy atom. The van der Waals surface area contributed by atoms with Crippen LogP contribution < -0.4 is 0 Å². The predicted octanol–water partition coefficient (Wildman–Crippen LogP) is 2.90. The number of carbonyl (C=O) groups excluding carboxylic acids is 2. The van der Waals surface area contributed by atoms with Crippen LogP contribution in [0.15, 0.2) is 54.7 Å². The smallest absolute Gasteiger partial charge is 0.319 e. The Bertz CT molecular complexity index is 871. The molecule has 0 spiro atoms. The first kappa shape index (κ1) is 19.4. The van der Waals surface area contributed by atoms with E-state index in [1.165, 1.54) is 5.56 Å². The topological polar surface area (TPSA) is 56.8 Å².